The summed E-state index contributed by atoms with van der Waals surface area (Å²) in [5, 5.41) is 0. The number of nitrogens with zero attached hydrogens (tertiary/aromatic N) is 1. The second-order valence-corrected chi connectivity index (χ2v) is 10.1. The highest BCUT2D eigenvalue weighted by molar-refractivity contribution is 5.70. The van der Waals surface area contributed by atoms with Crippen LogP contribution in [-0.2, 0) is 16.8 Å². The van der Waals surface area contributed by atoms with Crippen molar-refractivity contribution < 1.29 is 9.53 Å². The molecule has 0 saturated carbocycles. The molecule has 1 fully saturated rings. The Labute approximate surface area is 216 Å². The van der Waals surface area contributed by atoms with Crippen LogP contribution in [0.25, 0.3) is 0 Å². The Bertz CT molecular complexity index is 1070. The minimum absolute atomic E-state index is 0.0140. The minimum atomic E-state index is -0.280. The van der Waals surface area contributed by atoms with Gasteiger partial charge in [-0.1, -0.05) is 129 Å². The van der Waals surface area contributed by atoms with Crippen LogP contribution in [0, 0.1) is 0 Å². The number of carbonyl (C=O) groups is 1. The van der Waals surface area contributed by atoms with Crippen molar-refractivity contribution in [3.63, 3.8) is 0 Å². The molecule has 0 N–H and O–H groups in total. The summed E-state index contributed by atoms with van der Waals surface area (Å²) in [6.45, 7) is 5.34. The Morgan fingerprint density at radius 3 is 2.06 bits per heavy atom. The number of hydrogen-bond acceptors (Lipinski definition) is 2. The number of benzene rings is 3. The zero-order valence-electron chi connectivity index (χ0n) is 21.7. The van der Waals surface area contributed by atoms with Crippen LogP contribution in [0.2, 0.25) is 0 Å². The molecule has 3 heteroatoms. The first-order chi connectivity index (χ1) is 17.6. The van der Waals surface area contributed by atoms with Crippen LogP contribution in [0.1, 0.15) is 69.1 Å². The Kier molecular flexibility index (Phi) is 9.00. The Morgan fingerprint density at radius 2 is 1.47 bits per heavy atom. The lowest BCUT2D eigenvalue weighted by molar-refractivity contribution is 0.0962. The summed E-state index contributed by atoms with van der Waals surface area (Å²) in [7, 11) is 0. The van der Waals surface area contributed by atoms with Gasteiger partial charge in [0.1, 0.15) is 6.61 Å². The number of likely N-dealkylation sites (tertiary alicyclic amines) is 1. The van der Waals surface area contributed by atoms with Gasteiger partial charge in [0.2, 0.25) is 0 Å². The van der Waals surface area contributed by atoms with Crippen molar-refractivity contribution in [3.8, 4) is 0 Å². The van der Waals surface area contributed by atoms with Gasteiger partial charge in [-0.05, 0) is 42.9 Å². The number of hydrogen-bond donors (Lipinski definition) is 0. The molecular formula is C33H39NO2. The van der Waals surface area contributed by atoms with Crippen LogP contribution >= 0.6 is 0 Å². The van der Waals surface area contributed by atoms with Crippen molar-refractivity contribution in [2.45, 2.75) is 70.4 Å². The van der Waals surface area contributed by atoms with E-state index in [2.05, 4.69) is 80.6 Å². The van der Waals surface area contributed by atoms with E-state index in [1.807, 2.05) is 35.2 Å². The fraction of sp³-hybridized carbons (Fsp3) is 0.364. The Balaban J connectivity index is 1.63. The predicted molar refractivity (Wildman–Crippen MR) is 148 cm³/mol. The highest BCUT2D eigenvalue weighted by atomic mass is 16.6. The summed E-state index contributed by atoms with van der Waals surface area (Å²) in [6.07, 6.45) is 8.97. The molecule has 0 bridgehead atoms. The number of unbranched alkanes of at least 4 members (excludes halogenated alkanes) is 3. The second-order valence-electron chi connectivity index (χ2n) is 10.1. The summed E-state index contributed by atoms with van der Waals surface area (Å²) in [6, 6.07) is 31.2. The monoisotopic (exact) mass is 481 g/mol. The van der Waals surface area contributed by atoms with E-state index in [0.717, 1.165) is 18.4 Å². The third-order valence-corrected chi connectivity index (χ3v) is 7.39. The van der Waals surface area contributed by atoms with Crippen molar-refractivity contribution in [1.82, 2.24) is 4.90 Å². The molecule has 3 aromatic carbocycles. The molecule has 4 rings (SSSR count). The molecule has 0 aliphatic carbocycles. The van der Waals surface area contributed by atoms with Gasteiger partial charge in [0.15, 0.2) is 0 Å². The average molecular weight is 482 g/mol. The van der Waals surface area contributed by atoms with Crippen LogP contribution in [0.4, 0.5) is 4.79 Å². The maximum atomic E-state index is 13.5. The number of carbonyl (C=O) groups excluding carboxylic acids is 1. The number of ether oxygens (including phenoxy) is 1. The van der Waals surface area contributed by atoms with Gasteiger partial charge in [-0.15, -0.1) is 0 Å². The van der Waals surface area contributed by atoms with Crippen LogP contribution < -0.4 is 0 Å². The fourth-order valence-corrected chi connectivity index (χ4v) is 5.43. The second kappa shape index (κ2) is 12.6. The van der Waals surface area contributed by atoms with E-state index < -0.39 is 0 Å². The van der Waals surface area contributed by atoms with Gasteiger partial charge in [0, 0.05) is 12.0 Å². The molecule has 1 atom stereocenters. The first-order valence-electron chi connectivity index (χ1n) is 13.4. The minimum Gasteiger partial charge on any atom is -0.445 e. The van der Waals surface area contributed by atoms with Crippen molar-refractivity contribution in [2.75, 3.05) is 6.54 Å². The molecular weight excluding hydrogens is 442 g/mol. The van der Waals surface area contributed by atoms with E-state index in [4.69, 9.17) is 4.74 Å². The summed E-state index contributed by atoms with van der Waals surface area (Å²) in [5.41, 5.74) is 4.57. The Hall–Kier alpha value is -3.33. The van der Waals surface area contributed by atoms with Gasteiger partial charge >= 0.3 is 6.09 Å². The van der Waals surface area contributed by atoms with E-state index in [0.29, 0.717) is 6.54 Å². The number of allylic oxidation sites excluding steroid dienone is 1. The molecule has 1 unspecified atom stereocenters. The highest BCUT2D eigenvalue weighted by Gasteiger charge is 2.48. The van der Waals surface area contributed by atoms with E-state index in [1.54, 1.807) is 0 Å². The summed E-state index contributed by atoms with van der Waals surface area (Å²) < 4.78 is 5.86. The summed E-state index contributed by atoms with van der Waals surface area (Å²) in [5.74, 6) is 0. The molecule has 1 aliphatic rings. The zero-order valence-corrected chi connectivity index (χ0v) is 21.7. The number of amides is 1. The van der Waals surface area contributed by atoms with Crippen LogP contribution in [-0.4, -0.2) is 23.6 Å². The Morgan fingerprint density at radius 1 is 0.889 bits per heavy atom. The van der Waals surface area contributed by atoms with Gasteiger partial charge in [-0.2, -0.15) is 0 Å². The van der Waals surface area contributed by atoms with Crippen LogP contribution in [0.15, 0.2) is 103 Å². The zero-order chi connectivity index (χ0) is 25.2. The lowest BCUT2D eigenvalue weighted by Crippen LogP contribution is -2.37. The molecule has 1 amide bonds. The maximum Gasteiger partial charge on any atom is 0.410 e. The topological polar surface area (TPSA) is 29.5 Å². The quantitative estimate of drug-likeness (QED) is 0.215. The molecule has 188 valence electrons. The van der Waals surface area contributed by atoms with Crippen molar-refractivity contribution in [3.05, 3.63) is 119 Å². The molecule has 36 heavy (non-hydrogen) atoms. The molecule has 1 heterocycles. The van der Waals surface area contributed by atoms with Crippen molar-refractivity contribution in [1.29, 1.82) is 0 Å². The van der Waals surface area contributed by atoms with Crippen LogP contribution in [0.3, 0.4) is 0 Å². The summed E-state index contributed by atoms with van der Waals surface area (Å²) in [4.78, 5) is 15.5. The first-order valence-corrected chi connectivity index (χ1v) is 13.4. The van der Waals surface area contributed by atoms with Gasteiger partial charge in [-0.3, -0.25) is 0 Å². The van der Waals surface area contributed by atoms with Crippen molar-refractivity contribution in [2.24, 2.45) is 0 Å². The normalized spacial score (nSPS) is 17.2. The lowest BCUT2D eigenvalue weighted by atomic mass is 9.73. The molecule has 0 radical (unpaired) electrons. The highest BCUT2D eigenvalue weighted by Crippen LogP contribution is 2.44. The van der Waals surface area contributed by atoms with E-state index >= 15 is 0 Å². The van der Waals surface area contributed by atoms with Gasteiger partial charge in [0.25, 0.3) is 0 Å². The molecule has 3 nitrogen and oxygen atoms in total. The van der Waals surface area contributed by atoms with Gasteiger partial charge in [0.05, 0.1) is 6.04 Å². The first kappa shape index (κ1) is 25.8. The third kappa shape index (κ3) is 6.26. The van der Waals surface area contributed by atoms with Crippen molar-refractivity contribution >= 4 is 6.09 Å². The predicted octanol–water partition coefficient (Wildman–Crippen LogP) is 8.30. The van der Waals surface area contributed by atoms with Crippen LogP contribution in [0.5, 0.6) is 0 Å². The average Bonchev–Trinajstić information content (AvgIpc) is 3.32. The SMILES string of the molecule is CCCCCC/C(C)=C/C1CC(c2ccccc2)(c2ccccc2)CN1C(=O)OCc1ccccc1. The molecule has 3 aromatic rings. The molecule has 1 aliphatic heterocycles. The summed E-state index contributed by atoms with van der Waals surface area (Å²) >= 11 is 0. The molecule has 1 saturated heterocycles. The van der Waals surface area contributed by atoms with Gasteiger partial charge in [-0.25, -0.2) is 4.79 Å². The smallest absolute Gasteiger partial charge is 0.410 e. The number of rotatable bonds is 10. The maximum absolute atomic E-state index is 13.5. The molecule has 0 spiro atoms. The third-order valence-electron chi connectivity index (χ3n) is 7.39. The van der Waals surface area contributed by atoms with E-state index in [9.17, 15) is 4.79 Å². The van der Waals surface area contributed by atoms with Gasteiger partial charge < -0.3 is 9.64 Å². The lowest BCUT2D eigenvalue weighted by Gasteiger charge is -2.30. The fourth-order valence-electron chi connectivity index (χ4n) is 5.43. The standard InChI is InChI=1S/C33H39NO2/c1-3-4-5-9-16-27(2)23-31-24-33(29-19-12-7-13-20-29,30-21-14-8-15-22-30)26-34(31)32(35)36-25-28-17-10-6-11-18-28/h6-8,10-15,17-23,31H,3-5,9,16,24-26H2,1-2H3/b27-23+. The largest absolute Gasteiger partial charge is 0.445 e. The molecule has 0 aromatic heterocycles. The van der Waals surface area contributed by atoms with E-state index in [-0.39, 0.29) is 24.2 Å². The van der Waals surface area contributed by atoms with E-state index in [1.165, 1.54) is 42.4 Å².